The van der Waals surface area contributed by atoms with Gasteiger partial charge in [-0.05, 0) is 42.2 Å². The number of nitrogens with one attached hydrogen (secondary N) is 1. The van der Waals surface area contributed by atoms with Crippen LogP contribution in [0.4, 0.5) is 13.2 Å². The Balaban J connectivity index is 1.57. The monoisotopic (exact) mass is 335 g/mol. The fourth-order valence-corrected chi connectivity index (χ4v) is 2.85. The van der Waals surface area contributed by atoms with Crippen molar-refractivity contribution < 1.29 is 23.1 Å². The SMILES string of the molecule is O=C(NCC(O)c1c(F)cccc1F)C1CC1c1cccc(F)c1. The lowest BCUT2D eigenvalue weighted by Crippen LogP contribution is -2.30. The summed E-state index contributed by atoms with van der Waals surface area (Å²) in [6.45, 7) is -0.289. The molecule has 1 amide bonds. The minimum Gasteiger partial charge on any atom is -0.386 e. The van der Waals surface area contributed by atoms with Crippen LogP contribution in [0, 0.1) is 23.4 Å². The Labute approximate surface area is 137 Å². The lowest BCUT2D eigenvalue weighted by atomic mass is 10.1. The van der Waals surface area contributed by atoms with Crippen molar-refractivity contribution in [2.75, 3.05) is 6.54 Å². The highest BCUT2D eigenvalue weighted by molar-refractivity contribution is 5.82. The van der Waals surface area contributed by atoms with Gasteiger partial charge in [0, 0.05) is 12.5 Å². The highest BCUT2D eigenvalue weighted by atomic mass is 19.1. The van der Waals surface area contributed by atoms with E-state index in [1.165, 1.54) is 18.2 Å². The standard InChI is InChI=1S/C18H16F3NO2/c19-11-4-1-3-10(7-11)12-8-13(12)18(24)22-9-16(23)17-14(20)5-2-6-15(17)21/h1-7,12-13,16,23H,8-9H2,(H,22,24). The normalized spacial score (nSPS) is 20.5. The molecule has 0 aliphatic heterocycles. The predicted molar refractivity (Wildman–Crippen MR) is 81.6 cm³/mol. The number of hydrogen-bond donors (Lipinski definition) is 2. The van der Waals surface area contributed by atoms with Gasteiger partial charge in [-0.15, -0.1) is 0 Å². The van der Waals surface area contributed by atoms with Crippen molar-refractivity contribution in [1.82, 2.24) is 5.32 Å². The average molecular weight is 335 g/mol. The highest BCUT2D eigenvalue weighted by Crippen LogP contribution is 2.47. The van der Waals surface area contributed by atoms with Crippen LogP contribution in [-0.4, -0.2) is 17.6 Å². The van der Waals surface area contributed by atoms with Crippen molar-refractivity contribution in [3.8, 4) is 0 Å². The van der Waals surface area contributed by atoms with Crippen LogP contribution in [-0.2, 0) is 4.79 Å². The molecule has 0 aromatic heterocycles. The molecule has 1 aliphatic rings. The summed E-state index contributed by atoms with van der Waals surface area (Å²) in [5, 5.41) is 12.4. The van der Waals surface area contributed by atoms with E-state index in [0.717, 1.165) is 17.7 Å². The Morgan fingerprint density at radius 3 is 2.50 bits per heavy atom. The second-order valence-corrected chi connectivity index (χ2v) is 5.90. The molecular weight excluding hydrogens is 319 g/mol. The number of hydrogen-bond acceptors (Lipinski definition) is 2. The summed E-state index contributed by atoms with van der Waals surface area (Å²) in [6.07, 6.45) is -0.888. The Hall–Kier alpha value is -2.34. The van der Waals surface area contributed by atoms with E-state index in [2.05, 4.69) is 5.32 Å². The van der Waals surface area contributed by atoms with E-state index in [9.17, 15) is 23.1 Å². The van der Waals surface area contributed by atoms with Crippen molar-refractivity contribution in [1.29, 1.82) is 0 Å². The molecule has 0 bridgehead atoms. The number of benzene rings is 2. The maximum absolute atomic E-state index is 13.6. The Bertz CT molecular complexity index is 745. The third kappa shape index (κ3) is 3.43. The van der Waals surface area contributed by atoms with E-state index in [0.29, 0.717) is 6.42 Å². The van der Waals surface area contributed by atoms with Crippen LogP contribution in [0.25, 0.3) is 0 Å². The molecule has 3 atom stereocenters. The van der Waals surface area contributed by atoms with Gasteiger partial charge in [0.05, 0.1) is 5.56 Å². The molecule has 0 heterocycles. The third-order valence-electron chi connectivity index (χ3n) is 4.21. The number of aliphatic hydroxyl groups excluding tert-OH is 1. The molecule has 1 aliphatic carbocycles. The van der Waals surface area contributed by atoms with Gasteiger partial charge >= 0.3 is 0 Å². The van der Waals surface area contributed by atoms with E-state index in [4.69, 9.17) is 0 Å². The first-order chi connectivity index (χ1) is 11.5. The van der Waals surface area contributed by atoms with Gasteiger partial charge in [-0.1, -0.05) is 18.2 Å². The maximum atomic E-state index is 13.6. The molecule has 3 unspecified atom stereocenters. The van der Waals surface area contributed by atoms with Gasteiger partial charge in [0.1, 0.15) is 23.6 Å². The molecule has 3 rings (SSSR count). The summed E-state index contributed by atoms with van der Waals surface area (Å²) < 4.78 is 40.3. The van der Waals surface area contributed by atoms with E-state index in [1.807, 2.05) is 0 Å². The molecule has 126 valence electrons. The topological polar surface area (TPSA) is 49.3 Å². The Kier molecular flexibility index (Phi) is 4.57. The lowest BCUT2D eigenvalue weighted by molar-refractivity contribution is -0.122. The second kappa shape index (κ2) is 6.65. The van der Waals surface area contributed by atoms with Crippen LogP contribution in [0.3, 0.4) is 0 Å². The van der Waals surface area contributed by atoms with Crippen LogP contribution in [0.5, 0.6) is 0 Å². The van der Waals surface area contributed by atoms with Gasteiger partial charge in [0.2, 0.25) is 5.91 Å². The van der Waals surface area contributed by atoms with Crippen molar-refractivity contribution in [2.45, 2.75) is 18.4 Å². The van der Waals surface area contributed by atoms with Crippen molar-refractivity contribution in [3.05, 3.63) is 71.0 Å². The maximum Gasteiger partial charge on any atom is 0.223 e. The van der Waals surface area contributed by atoms with E-state index in [1.54, 1.807) is 12.1 Å². The van der Waals surface area contributed by atoms with E-state index >= 15 is 0 Å². The molecule has 6 heteroatoms. The van der Waals surface area contributed by atoms with Crippen LogP contribution >= 0.6 is 0 Å². The number of carbonyl (C=O) groups is 1. The minimum absolute atomic E-state index is 0.0666. The number of carbonyl (C=O) groups excluding carboxylic acids is 1. The Morgan fingerprint density at radius 1 is 1.17 bits per heavy atom. The van der Waals surface area contributed by atoms with Crippen molar-refractivity contribution in [3.63, 3.8) is 0 Å². The van der Waals surface area contributed by atoms with Gasteiger partial charge in [0.15, 0.2) is 0 Å². The molecule has 0 spiro atoms. The first kappa shape index (κ1) is 16.5. The molecule has 3 nitrogen and oxygen atoms in total. The number of amides is 1. The quantitative estimate of drug-likeness (QED) is 0.882. The number of rotatable bonds is 5. The smallest absolute Gasteiger partial charge is 0.223 e. The fourth-order valence-electron chi connectivity index (χ4n) is 2.85. The second-order valence-electron chi connectivity index (χ2n) is 5.90. The van der Waals surface area contributed by atoms with Gasteiger partial charge < -0.3 is 10.4 Å². The molecule has 1 saturated carbocycles. The van der Waals surface area contributed by atoms with Gasteiger partial charge in [-0.2, -0.15) is 0 Å². The van der Waals surface area contributed by atoms with Crippen LogP contribution < -0.4 is 5.32 Å². The minimum atomic E-state index is -1.47. The number of halogens is 3. The zero-order valence-corrected chi connectivity index (χ0v) is 12.7. The van der Waals surface area contributed by atoms with Crippen LogP contribution in [0.15, 0.2) is 42.5 Å². The molecular formula is C18H16F3NO2. The molecule has 2 aromatic carbocycles. The summed E-state index contributed by atoms with van der Waals surface area (Å²) in [5.41, 5.74) is 0.283. The van der Waals surface area contributed by atoms with Gasteiger partial charge in [-0.25, -0.2) is 13.2 Å². The van der Waals surface area contributed by atoms with E-state index < -0.39 is 23.3 Å². The summed E-state index contributed by atoms with van der Waals surface area (Å²) >= 11 is 0. The van der Waals surface area contributed by atoms with Crippen LogP contribution in [0.1, 0.15) is 29.6 Å². The summed E-state index contributed by atoms with van der Waals surface area (Å²) in [5.74, 6) is -2.78. The molecule has 2 N–H and O–H groups in total. The highest BCUT2D eigenvalue weighted by Gasteiger charge is 2.44. The van der Waals surface area contributed by atoms with Crippen molar-refractivity contribution in [2.24, 2.45) is 5.92 Å². The first-order valence-corrected chi connectivity index (χ1v) is 7.62. The summed E-state index contributed by atoms with van der Waals surface area (Å²) in [4.78, 5) is 12.1. The molecule has 0 radical (unpaired) electrons. The van der Waals surface area contributed by atoms with E-state index in [-0.39, 0.29) is 30.1 Å². The third-order valence-corrected chi connectivity index (χ3v) is 4.21. The molecule has 2 aromatic rings. The molecule has 0 saturated heterocycles. The first-order valence-electron chi connectivity index (χ1n) is 7.62. The fraction of sp³-hybridized carbons (Fsp3) is 0.278. The summed E-state index contributed by atoms with van der Waals surface area (Å²) in [6, 6.07) is 9.36. The average Bonchev–Trinajstić information content (AvgIpc) is 3.33. The summed E-state index contributed by atoms with van der Waals surface area (Å²) in [7, 11) is 0. The molecule has 1 fully saturated rings. The van der Waals surface area contributed by atoms with Crippen molar-refractivity contribution >= 4 is 5.91 Å². The van der Waals surface area contributed by atoms with Gasteiger partial charge in [-0.3, -0.25) is 4.79 Å². The van der Waals surface area contributed by atoms with Gasteiger partial charge in [0.25, 0.3) is 0 Å². The van der Waals surface area contributed by atoms with Crippen LogP contribution in [0.2, 0.25) is 0 Å². The largest absolute Gasteiger partial charge is 0.386 e. The predicted octanol–water partition coefficient (Wildman–Crippen LogP) is 3.06. The Morgan fingerprint density at radius 2 is 1.83 bits per heavy atom. The lowest BCUT2D eigenvalue weighted by Gasteiger charge is -2.14. The molecule has 24 heavy (non-hydrogen) atoms. The number of aliphatic hydroxyl groups is 1. The zero-order valence-electron chi connectivity index (χ0n) is 12.7. The zero-order chi connectivity index (χ0) is 17.3.